The van der Waals surface area contributed by atoms with Crippen LogP contribution in [0.25, 0.3) is 0 Å². The fourth-order valence-corrected chi connectivity index (χ4v) is 2.43. The van der Waals surface area contributed by atoms with Crippen molar-refractivity contribution < 1.29 is 22.8 Å². The molecule has 2 heterocycles. The molecule has 5 nitrogen and oxygen atoms in total. The van der Waals surface area contributed by atoms with Crippen LogP contribution < -0.4 is 10.6 Å². The van der Waals surface area contributed by atoms with Crippen molar-refractivity contribution in [2.75, 3.05) is 19.6 Å². The molecule has 0 aromatic rings. The Kier molecular flexibility index (Phi) is 3.98. The van der Waals surface area contributed by atoms with E-state index in [4.69, 9.17) is 0 Å². The van der Waals surface area contributed by atoms with E-state index >= 15 is 0 Å². The number of halogens is 3. The molecule has 0 radical (unpaired) electrons. The van der Waals surface area contributed by atoms with Gasteiger partial charge in [-0.1, -0.05) is 0 Å². The number of hydrogen-bond donors (Lipinski definition) is 2. The third kappa shape index (κ3) is 3.59. The van der Waals surface area contributed by atoms with E-state index in [2.05, 4.69) is 10.6 Å². The average Bonchev–Trinajstić information content (AvgIpc) is 2.92. The first-order valence-corrected chi connectivity index (χ1v) is 6.26. The van der Waals surface area contributed by atoms with E-state index in [1.807, 2.05) is 0 Å². The summed E-state index contributed by atoms with van der Waals surface area (Å²) in [4.78, 5) is 24.2. The first-order valence-electron chi connectivity index (χ1n) is 6.26. The molecule has 2 unspecified atom stereocenters. The molecule has 2 atom stereocenters. The molecule has 0 aromatic carbocycles. The fourth-order valence-electron chi connectivity index (χ4n) is 2.43. The van der Waals surface area contributed by atoms with Gasteiger partial charge >= 0.3 is 6.18 Å². The summed E-state index contributed by atoms with van der Waals surface area (Å²) in [6.45, 7) is -0.474. The van der Waals surface area contributed by atoms with E-state index in [0.29, 0.717) is 6.42 Å². The Morgan fingerprint density at radius 1 is 1.42 bits per heavy atom. The summed E-state index contributed by atoms with van der Waals surface area (Å²) in [6.07, 6.45) is -2.59. The minimum absolute atomic E-state index is 0.0292. The van der Waals surface area contributed by atoms with Crippen LogP contribution in [-0.2, 0) is 9.59 Å². The van der Waals surface area contributed by atoms with Gasteiger partial charge in [0.1, 0.15) is 12.6 Å². The number of alkyl halides is 3. The maximum Gasteiger partial charge on any atom is 0.406 e. The summed E-state index contributed by atoms with van der Waals surface area (Å²) in [5, 5.41) is 5.50. The highest BCUT2D eigenvalue weighted by molar-refractivity contribution is 5.91. The lowest BCUT2D eigenvalue weighted by Gasteiger charge is -2.19. The van der Waals surface area contributed by atoms with Crippen molar-refractivity contribution in [1.29, 1.82) is 0 Å². The average molecular weight is 279 g/mol. The number of nitrogens with zero attached hydrogens (tertiary/aromatic N) is 1. The lowest BCUT2D eigenvalue weighted by Crippen LogP contribution is -2.48. The molecule has 2 fully saturated rings. The molecule has 0 aromatic heterocycles. The van der Waals surface area contributed by atoms with Gasteiger partial charge in [0.2, 0.25) is 11.8 Å². The lowest BCUT2D eigenvalue weighted by atomic mass is 10.2. The highest BCUT2D eigenvalue weighted by atomic mass is 19.4. The van der Waals surface area contributed by atoms with Crippen molar-refractivity contribution in [2.24, 2.45) is 0 Å². The summed E-state index contributed by atoms with van der Waals surface area (Å²) < 4.78 is 36.7. The normalized spacial score (nSPS) is 27.9. The Labute approximate surface area is 108 Å². The number of nitrogens with one attached hydrogen (secondary N) is 2. The molecule has 0 bridgehead atoms. The minimum Gasteiger partial charge on any atom is -0.343 e. The third-order valence-corrected chi connectivity index (χ3v) is 3.36. The minimum atomic E-state index is -4.40. The largest absolute Gasteiger partial charge is 0.406 e. The number of carbonyl (C=O) groups excluding carboxylic acids is 2. The monoisotopic (exact) mass is 279 g/mol. The summed E-state index contributed by atoms with van der Waals surface area (Å²) in [6, 6.07) is -1.15. The molecule has 2 amide bonds. The molecule has 0 aliphatic carbocycles. The number of carbonyl (C=O) groups is 2. The van der Waals surface area contributed by atoms with Crippen molar-refractivity contribution in [1.82, 2.24) is 15.5 Å². The molecule has 0 spiro atoms. The molecule has 2 N–H and O–H groups in total. The van der Waals surface area contributed by atoms with Gasteiger partial charge in [0.25, 0.3) is 0 Å². The number of likely N-dealkylation sites (tertiary alicyclic amines) is 1. The van der Waals surface area contributed by atoms with Gasteiger partial charge in [0.05, 0.1) is 6.04 Å². The second kappa shape index (κ2) is 5.36. The molecule has 2 saturated heterocycles. The first-order chi connectivity index (χ1) is 8.87. The van der Waals surface area contributed by atoms with E-state index in [1.165, 1.54) is 0 Å². The molecule has 19 heavy (non-hydrogen) atoms. The Balaban J connectivity index is 1.85. The van der Waals surface area contributed by atoms with Gasteiger partial charge in [-0.15, -0.1) is 0 Å². The van der Waals surface area contributed by atoms with Gasteiger partial charge in [-0.25, -0.2) is 0 Å². The Morgan fingerprint density at radius 3 is 2.74 bits per heavy atom. The zero-order valence-electron chi connectivity index (χ0n) is 10.3. The first kappa shape index (κ1) is 14.1. The van der Waals surface area contributed by atoms with Crippen LogP contribution in [0.3, 0.4) is 0 Å². The summed E-state index contributed by atoms with van der Waals surface area (Å²) in [5.41, 5.74) is 0. The zero-order valence-corrected chi connectivity index (χ0v) is 10.3. The van der Waals surface area contributed by atoms with Gasteiger partial charge in [-0.3, -0.25) is 9.59 Å². The Morgan fingerprint density at radius 2 is 2.16 bits per heavy atom. The predicted octanol–water partition coefficient (Wildman–Crippen LogP) is 0.0178. The molecule has 2 aliphatic rings. The molecule has 2 rings (SSSR count). The van der Waals surface area contributed by atoms with Crippen LogP contribution in [0.5, 0.6) is 0 Å². The smallest absolute Gasteiger partial charge is 0.343 e. The zero-order chi connectivity index (χ0) is 14.0. The van der Waals surface area contributed by atoms with Gasteiger partial charge in [-0.05, 0) is 25.8 Å². The third-order valence-electron chi connectivity index (χ3n) is 3.36. The van der Waals surface area contributed by atoms with Crippen molar-refractivity contribution in [3.8, 4) is 0 Å². The second-order valence-corrected chi connectivity index (χ2v) is 4.87. The van der Waals surface area contributed by atoms with Gasteiger partial charge in [0, 0.05) is 6.54 Å². The number of amides is 2. The van der Waals surface area contributed by atoms with Crippen LogP contribution in [0.15, 0.2) is 0 Å². The lowest BCUT2D eigenvalue weighted by molar-refractivity contribution is -0.158. The molecular formula is C11H16F3N3O2. The quantitative estimate of drug-likeness (QED) is 0.765. The van der Waals surface area contributed by atoms with Gasteiger partial charge < -0.3 is 15.5 Å². The summed E-state index contributed by atoms with van der Waals surface area (Å²) >= 11 is 0. The van der Waals surface area contributed by atoms with E-state index in [-0.39, 0.29) is 24.9 Å². The van der Waals surface area contributed by atoms with Crippen molar-refractivity contribution in [2.45, 2.75) is 37.5 Å². The maximum absolute atomic E-state index is 12.2. The summed E-state index contributed by atoms with van der Waals surface area (Å²) in [7, 11) is 0. The van der Waals surface area contributed by atoms with E-state index in [1.54, 1.807) is 0 Å². The highest BCUT2D eigenvalue weighted by Gasteiger charge is 2.40. The molecule has 2 aliphatic heterocycles. The fraction of sp³-hybridized carbons (Fsp3) is 0.818. The van der Waals surface area contributed by atoms with Gasteiger partial charge in [-0.2, -0.15) is 13.2 Å². The van der Waals surface area contributed by atoms with Crippen molar-refractivity contribution >= 4 is 11.8 Å². The highest BCUT2D eigenvalue weighted by Crippen LogP contribution is 2.21. The second-order valence-electron chi connectivity index (χ2n) is 4.87. The van der Waals surface area contributed by atoms with Crippen LogP contribution in [0.4, 0.5) is 13.2 Å². The topological polar surface area (TPSA) is 61.4 Å². The Hall–Kier alpha value is -1.31. The molecular weight excluding hydrogens is 263 g/mol. The van der Waals surface area contributed by atoms with Crippen LogP contribution >= 0.6 is 0 Å². The van der Waals surface area contributed by atoms with E-state index < -0.39 is 24.7 Å². The van der Waals surface area contributed by atoms with Crippen LogP contribution in [0, 0.1) is 0 Å². The van der Waals surface area contributed by atoms with Crippen LogP contribution in [-0.4, -0.2) is 54.6 Å². The maximum atomic E-state index is 12.2. The van der Waals surface area contributed by atoms with E-state index in [0.717, 1.165) is 17.9 Å². The molecule has 108 valence electrons. The molecule has 0 saturated carbocycles. The Bertz CT molecular complexity index is 367. The SMILES string of the molecule is O=C(NC1CCN(CC(F)(F)F)C1=O)C1CCCN1. The van der Waals surface area contributed by atoms with Gasteiger partial charge in [0.15, 0.2) is 0 Å². The standard InChI is InChI=1S/C11H16F3N3O2/c12-11(13,14)6-17-5-3-8(10(17)19)16-9(18)7-2-1-4-15-7/h7-8,15H,1-6H2,(H,16,18). The van der Waals surface area contributed by atoms with Crippen molar-refractivity contribution in [3.63, 3.8) is 0 Å². The summed E-state index contributed by atoms with van der Waals surface area (Å²) in [5.74, 6) is -0.951. The number of rotatable bonds is 3. The van der Waals surface area contributed by atoms with Crippen LogP contribution in [0.2, 0.25) is 0 Å². The van der Waals surface area contributed by atoms with Crippen molar-refractivity contribution in [3.05, 3.63) is 0 Å². The predicted molar refractivity (Wildman–Crippen MR) is 60.2 cm³/mol. The molecule has 8 heteroatoms. The van der Waals surface area contributed by atoms with E-state index in [9.17, 15) is 22.8 Å². The van der Waals surface area contributed by atoms with Crippen LogP contribution in [0.1, 0.15) is 19.3 Å². The number of hydrogen-bond acceptors (Lipinski definition) is 3.